The van der Waals surface area contributed by atoms with Gasteiger partial charge >= 0.3 is 0 Å². The zero-order valence-corrected chi connectivity index (χ0v) is 13.6. The lowest BCUT2D eigenvalue weighted by Crippen LogP contribution is -2.30. The minimum Gasteiger partial charge on any atom is -0.366 e. The number of carbonyl (C=O) groups excluding carboxylic acids is 2. The quantitative estimate of drug-likeness (QED) is 0.846. The van der Waals surface area contributed by atoms with Crippen molar-refractivity contribution in [2.75, 3.05) is 18.9 Å². The summed E-state index contributed by atoms with van der Waals surface area (Å²) in [4.78, 5) is 26.1. The van der Waals surface area contributed by atoms with Crippen LogP contribution in [0.5, 0.6) is 0 Å². The summed E-state index contributed by atoms with van der Waals surface area (Å²) < 4.78 is 0.729. The van der Waals surface area contributed by atoms with Gasteiger partial charge < -0.3 is 11.1 Å². The van der Waals surface area contributed by atoms with Gasteiger partial charge in [-0.25, -0.2) is 0 Å². The third-order valence-electron chi connectivity index (χ3n) is 2.65. The van der Waals surface area contributed by atoms with Crippen LogP contribution < -0.4 is 11.1 Å². The first kappa shape index (κ1) is 16.0. The molecule has 8 heteroatoms. The van der Waals surface area contributed by atoms with Crippen LogP contribution in [0.25, 0.3) is 0 Å². The molecule has 112 valence electrons. The summed E-state index contributed by atoms with van der Waals surface area (Å²) in [5, 5.41) is 4.91. The molecule has 3 N–H and O–H groups in total. The molecular weight excluding hydrogens is 330 g/mol. The van der Waals surface area contributed by atoms with Crippen LogP contribution in [0.4, 0.5) is 5.00 Å². The van der Waals surface area contributed by atoms with Crippen molar-refractivity contribution in [2.24, 2.45) is 5.73 Å². The lowest BCUT2D eigenvalue weighted by Gasteiger charge is -2.15. The van der Waals surface area contributed by atoms with Crippen molar-refractivity contribution in [2.45, 2.75) is 6.54 Å². The third-order valence-corrected chi connectivity index (χ3v) is 4.70. The number of primary amides is 1. The molecule has 0 atom stereocenters. The zero-order valence-electron chi connectivity index (χ0n) is 11.3. The Morgan fingerprint density at radius 1 is 1.38 bits per heavy atom. The van der Waals surface area contributed by atoms with Gasteiger partial charge in [-0.15, -0.1) is 22.7 Å². The number of halogens is 1. The lowest BCUT2D eigenvalue weighted by atomic mass is 10.3. The van der Waals surface area contributed by atoms with Crippen LogP contribution in [0, 0.1) is 0 Å². The highest BCUT2D eigenvalue weighted by Gasteiger charge is 2.14. The van der Waals surface area contributed by atoms with E-state index in [1.165, 1.54) is 22.7 Å². The molecule has 2 aromatic heterocycles. The Kier molecular flexibility index (Phi) is 5.35. The van der Waals surface area contributed by atoms with Gasteiger partial charge in [-0.05, 0) is 30.6 Å². The van der Waals surface area contributed by atoms with E-state index in [2.05, 4.69) is 5.32 Å². The first-order valence-corrected chi connectivity index (χ1v) is 8.13. The van der Waals surface area contributed by atoms with Gasteiger partial charge in [0.25, 0.3) is 5.91 Å². The molecule has 0 aliphatic carbocycles. The molecule has 0 unspecified atom stereocenters. The number of thiophene rings is 2. The summed E-state index contributed by atoms with van der Waals surface area (Å²) in [6.45, 7) is 0.851. The van der Waals surface area contributed by atoms with Crippen molar-refractivity contribution in [1.82, 2.24) is 4.90 Å². The molecule has 2 amide bonds. The average Bonchev–Trinajstić information content (AvgIpc) is 2.98. The Bertz CT molecular complexity index is 653. The summed E-state index contributed by atoms with van der Waals surface area (Å²) in [6, 6.07) is 5.37. The Morgan fingerprint density at radius 2 is 2.14 bits per heavy atom. The Hall–Kier alpha value is -1.41. The summed E-state index contributed by atoms with van der Waals surface area (Å²) in [5.41, 5.74) is 5.57. The summed E-state index contributed by atoms with van der Waals surface area (Å²) in [6.07, 6.45) is 0. The number of hydrogen-bond acceptors (Lipinski definition) is 5. The molecule has 2 aromatic rings. The van der Waals surface area contributed by atoms with E-state index in [1.54, 1.807) is 11.4 Å². The molecule has 0 fully saturated rings. The first-order chi connectivity index (χ1) is 9.95. The first-order valence-electron chi connectivity index (χ1n) is 6.05. The second kappa shape index (κ2) is 7.04. The van der Waals surface area contributed by atoms with Crippen molar-refractivity contribution >= 4 is 51.1 Å². The van der Waals surface area contributed by atoms with Crippen LogP contribution >= 0.6 is 34.3 Å². The predicted molar refractivity (Wildman–Crippen MR) is 87.1 cm³/mol. The topological polar surface area (TPSA) is 75.4 Å². The van der Waals surface area contributed by atoms with Gasteiger partial charge in [-0.2, -0.15) is 0 Å². The van der Waals surface area contributed by atoms with Crippen molar-refractivity contribution in [3.05, 3.63) is 38.4 Å². The average molecular weight is 344 g/mol. The van der Waals surface area contributed by atoms with Gasteiger partial charge in [-0.1, -0.05) is 11.6 Å². The highest BCUT2D eigenvalue weighted by atomic mass is 35.5. The van der Waals surface area contributed by atoms with E-state index in [9.17, 15) is 9.59 Å². The predicted octanol–water partition coefficient (Wildman–Crippen LogP) is 2.63. The number of nitrogens with zero attached hydrogens (tertiary/aromatic N) is 1. The maximum absolute atomic E-state index is 12.0. The van der Waals surface area contributed by atoms with E-state index >= 15 is 0 Å². The number of hydrogen-bond donors (Lipinski definition) is 2. The number of rotatable bonds is 6. The highest BCUT2D eigenvalue weighted by molar-refractivity contribution is 7.16. The number of nitrogens with one attached hydrogen (secondary N) is 1. The molecule has 0 aromatic carbocycles. The Morgan fingerprint density at radius 3 is 2.76 bits per heavy atom. The van der Waals surface area contributed by atoms with Gasteiger partial charge in [0.2, 0.25) is 5.91 Å². The van der Waals surface area contributed by atoms with Gasteiger partial charge in [0.05, 0.1) is 16.4 Å². The number of amides is 2. The fourth-order valence-electron chi connectivity index (χ4n) is 1.77. The smallest absolute Gasteiger partial charge is 0.251 e. The molecule has 0 spiro atoms. The second-order valence-corrected chi connectivity index (χ2v) is 7.17. The molecule has 5 nitrogen and oxygen atoms in total. The van der Waals surface area contributed by atoms with E-state index < -0.39 is 5.91 Å². The maximum Gasteiger partial charge on any atom is 0.251 e. The summed E-state index contributed by atoms with van der Waals surface area (Å²) in [5.74, 6) is -0.738. The van der Waals surface area contributed by atoms with Gasteiger partial charge in [0, 0.05) is 11.4 Å². The van der Waals surface area contributed by atoms with Crippen molar-refractivity contribution < 1.29 is 9.59 Å². The van der Waals surface area contributed by atoms with Gasteiger partial charge in [-0.3, -0.25) is 14.5 Å². The maximum atomic E-state index is 12.0. The van der Waals surface area contributed by atoms with Crippen LogP contribution in [0.1, 0.15) is 15.2 Å². The van der Waals surface area contributed by atoms with Crippen LogP contribution in [0.2, 0.25) is 4.34 Å². The van der Waals surface area contributed by atoms with E-state index in [-0.39, 0.29) is 12.5 Å². The van der Waals surface area contributed by atoms with E-state index in [0.29, 0.717) is 17.1 Å². The summed E-state index contributed by atoms with van der Waals surface area (Å²) in [7, 11) is 1.84. The van der Waals surface area contributed by atoms with Crippen LogP contribution in [0.3, 0.4) is 0 Å². The third kappa shape index (κ3) is 4.53. The Balaban J connectivity index is 1.89. The molecule has 21 heavy (non-hydrogen) atoms. The van der Waals surface area contributed by atoms with Crippen LogP contribution in [0.15, 0.2) is 23.6 Å². The number of nitrogens with two attached hydrogens (primary N) is 1. The molecule has 0 aliphatic rings. The van der Waals surface area contributed by atoms with E-state index in [0.717, 1.165) is 9.21 Å². The number of carbonyl (C=O) groups is 2. The molecule has 0 saturated carbocycles. The second-order valence-electron chi connectivity index (χ2n) is 4.45. The fourth-order valence-corrected chi connectivity index (χ4v) is 3.75. The highest BCUT2D eigenvalue weighted by Crippen LogP contribution is 2.23. The van der Waals surface area contributed by atoms with Crippen molar-refractivity contribution in [3.63, 3.8) is 0 Å². The van der Waals surface area contributed by atoms with E-state index in [1.807, 2.05) is 24.1 Å². The summed E-state index contributed by atoms with van der Waals surface area (Å²) >= 11 is 8.63. The van der Waals surface area contributed by atoms with Gasteiger partial charge in [0.1, 0.15) is 5.00 Å². The monoisotopic (exact) mass is 343 g/mol. The van der Waals surface area contributed by atoms with Crippen molar-refractivity contribution in [3.8, 4) is 0 Å². The minimum absolute atomic E-state index is 0.190. The van der Waals surface area contributed by atoms with Crippen molar-refractivity contribution in [1.29, 1.82) is 0 Å². The SMILES string of the molecule is CN(CC(=O)Nc1sccc1C(N)=O)Cc1ccc(Cl)s1. The largest absolute Gasteiger partial charge is 0.366 e. The van der Waals surface area contributed by atoms with Crippen LogP contribution in [-0.2, 0) is 11.3 Å². The molecule has 2 heterocycles. The van der Waals surface area contributed by atoms with Gasteiger partial charge in [0.15, 0.2) is 0 Å². The molecular formula is C13H14ClN3O2S2. The lowest BCUT2D eigenvalue weighted by molar-refractivity contribution is -0.117. The number of anilines is 1. The van der Waals surface area contributed by atoms with E-state index in [4.69, 9.17) is 17.3 Å². The molecule has 2 rings (SSSR count). The minimum atomic E-state index is -0.548. The fraction of sp³-hybridized carbons (Fsp3) is 0.231. The zero-order chi connectivity index (χ0) is 15.4. The Labute approximate surface area is 135 Å². The number of likely N-dealkylation sites (N-methyl/N-ethyl adjacent to an activating group) is 1. The molecule has 0 saturated heterocycles. The molecule has 0 radical (unpaired) electrons. The standard InChI is InChI=1S/C13H14ClN3O2S2/c1-17(6-8-2-3-10(14)21-8)7-11(18)16-13-9(12(15)19)4-5-20-13/h2-5H,6-7H2,1H3,(H2,15,19)(H,16,18). The van der Waals surface area contributed by atoms with Crippen LogP contribution in [-0.4, -0.2) is 30.3 Å². The molecule has 0 aliphatic heterocycles. The normalized spacial score (nSPS) is 10.8. The molecule has 0 bridgehead atoms.